The number of hydrogen-bond donors (Lipinski definition) is 2. The number of H-pyrrole nitrogens is 1. The highest BCUT2D eigenvalue weighted by Gasteiger charge is 2.58. The van der Waals surface area contributed by atoms with Crippen LogP contribution in [0.15, 0.2) is 18.5 Å². The van der Waals surface area contributed by atoms with Crippen LogP contribution < -0.4 is 10.1 Å². The normalized spacial score (nSPS) is 24.2. The third-order valence-electron chi connectivity index (χ3n) is 4.90. The number of anilines is 2. The third-order valence-corrected chi connectivity index (χ3v) is 4.90. The van der Waals surface area contributed by atoms with Crippen molar-refractivity contribution in [2.75, 3.05) is 18.5 Å². The van der Waals surface area contributed by atoms with E-state index in [4.69, 9.17) is 4.74 Å². The molecule has 2 N–H and O–H groups in total. The second kappa shape index (κ2) is 5.59. The number of nitrogens with one attached hydrogen (secondary N) is 2. The van der Waals surface area contributed by atoms with Gasteiger partial charge in [0.1, 0.15) is 5.52 Å². The van der Waals surface area contributed by atoms with Gasteiger partial charge < -0.3 is 14.8 Å². The van der Waals surface area contributed by atoms with Crippen molar-refractivity contribution in [3.63, 3.8) is 0 Å². The lowest BCUT2D eigenvalue weighted by molar-refractivity contribution is -0.0528. The molecule has 1 aliphatic carbocycles. The topological polar surface area (TPSA) is 103 Å². The van der Waals surface area contributed by atoms with Crippen LogP contribution in [0.1, 0.15) is 6.42 Å². The Morgan fingerprint density at radius 3 is 3.12 bits per heavy atom. The molecule has 1 aliphatic heterocycles. The Bertz CT molecular complexity index is 959. The molecule has 2 atom stereocenters. The second-order valence-electron chi connectivity index (χ2n) is 6.67. The molecule has 3 aromatic heterocycles. The van der Waals surface area contributed by atoms with Crippen LogP contribution in [0, 0.1) is 11.3 Å². The highest BCUT2D eigenvalue weighted by atomic mass is 19.3. The van der Waals surface area contributed by atoms with Crippen LogP contribution in [0.4, 0.5) is 20.4 Å². The molecule has 9 nitrogen and oxygen atoms in total. The first kappa shape index (κ1) is 15.4. The third kappa shape index (κ3) is 2.64. The van der Waals surface area contributed by atoms with E-state index in [-0.39, 0.29) is 11.3 Å². The Labute approximate surface area is 145 Å². The van der Waals surface area contributed by atoms with Gasteiger partial charge in [0, 0.05) is 11.5 Å². The van der Waals surface area contributed by atoms with Gasteiger partial charge in [0.25, 0.3) is 0 Å². The molecule has 2 aliphatic rings. The van der Waals surface area contributed by atoms with E-state index in [0.717, 1.165) is 26.2 Å². The van der Waals surface area contributed by atoms with Gasteiger partial charge in [0.05, 0.1) is 32.2 Å². The number of ether oxygens (including phenoxy) is 2. The van der Waals surface area contributed by atoms with Gasteiger partial charge in [-0.15, -0.1) is 0 Å². The summed E-state index contributed by atoms with van der Waals surface area (Å²) >= 11 is 0. The molecule has 11 heteroatoms. The molecular formula is C15H15F2N7O2. The summed E-state index contributed by atoms with van der Waals surface area (Å²) in [5, 5.41) is 13.5. The SMILES string of the molecule is FC(F)Oc1cc(Nc2cnc3cnn(CC45COCC4C5)c3n2)n[nH]1. The second-order valence-corrected chi connectivity index (χ2v) is 6.67. The van der Waals surface area contributed by atoms with Gasteiger partial charge in [-0.3, -0.25) is 0 Å². The van der Waals surface area contributed by atoms with E-state index in [0.29, 0.717) is 28.7 Å². The van der Waals surface area contributed by atoms with Gasteiger partial charge in [-0.05, 0) is 12.3 Å². The van der Waals surface area contributed by atoms with Crippen molar-refractivity contribution in [2.45, 2.75) is 19.6 Å². The zero-order valence-electron chi connectivity index (χ0n) is 13.5. The molecule has 2 unspecified atom stereocenters. The molecule has 0 radical (unpaired) electrons. The summed E-state index contributed by atoms with van der Waals surface area (Å²) in [7, 11) is 0. The van der Waals surface area contributed by atoms with E-state index in [1.807, 2.05) is 4.68 Å². The zero-order valence-corrected chi connectivity index (χ0v) is 13.5. The number of hydrogen-bond acceptors (Lipinski definition) is 7. The van der Waals surface area contributed by atoms with E-state index in [2.05, 4.69) is 35.3 Å². The fourth-order valence-corrected chi connectivity index (χ4v) is 3.47. The van der Waals surface area contributed by atoms with Crippen LogP contribution in [-0.2, 0) is 11.3 Å². The first-order valence-corrected chi connectivity index (χ1v) is 8.15. The lowest BCUT2D eigenvalue weighted by Gasteiger charge is -2.11. The molecule has 0 spiro atoms. The van der Waals surface area contributed by atoms with Gasteiger partial charge in [-0.2, -0.15) is 19.0 Å². The van der Waals surface area contributed by atoms with Gasteiger partial charge in [-0.1, -0.05) is 0 Å². The van der Waals surface area contributed by atoms with E-state index in [1.54, 1.807) is 6.20 Å². The van der Waals surface area contributed by atoms with Gasteiger partial charge in [0.2, 0.25) is 5.88 Å². The van der Waals surface area contributed by atoms with Crippen LogP contribution in [0.3, 0.4) is 0 Å². The monoisotopic (exact) mass is 363 g/mol. The Morgan fingerprint density at radius 1 is 1.42 bits per heavy atom. The Morgan fingerprint density at radius 2 is 2.35 bits per heavy atom. The predicted molar refractivity (Wildman–Crippen MR) is 85.2 cm³/mol. The maximum atomic E-state index is 12.2. The molecule has 4 heterocycles. The lowest BCUT2D eigenvalue weighted by Crippen LogP contribution is -2.16. The first-order chi connectivity index (χ1) is 12.6. The molecule has 2 fully saturated rings. The maximum Gasteiger partial charge on any atom is 0.388 e. The van der Waals surface area contributed by atoms with Crippen molar-refractivity contribution < 1.29 is 18.3 Å². The number of aromatic amines is 1. The minimum Gasteiger partial charge on any atom is -0.417 e. The molecule has 0 aromatic carbocycles. The number of nitrogens with zero attached hydrogens (tertiary/aromatic N) is 5. The van der Waals surface area contributed by atoms with E-state index < -0.39 is 6.61 Å². The van der Waals surface area contributed by atoms with Crippen LogP contribution >= 0.6 is 0 Å². The van der Waals surface area contributed by atoms with E-state index >= 15 is 0 Å². The van der Waals surface area contributed by atoms with Crippen molar-refractivity contribution >= 4 is 22.8 Å². The average Bonchev–Trinajstić information content (AvgIpc) is 2.99. The molecule has 136 valence electrons. The number of alkyl halides is 2. The van der Waals surface area contributed by atoms with Crippen molar-refractivity contribution in [3.8, 4) is 5.88 Å². The zero-order chi connectivity index (χ0) is 17.7. The van der Waals surface area contributed by atoms with Gasteiger partial charge in [0.15, 0.2) is 17.3 Å². The molecule has 3 aromatic rings. The highest BCUT2D eigenvalue weighted by molar-refractivity contribution is 5.72. The lowest BCUT2D eigenvalue weighted by atomic mass is 10.1. The van der Waals surface area contributed by atoms with Gasteiger partial charge in [-0.25, -0.2) is 19.7 Å². The quantitative estimate of drug-likeness (QED) is 0.690. The first-order valence-electron chi connectivity index (χ1n) is 8.15. The molecule has 26 heavy (non-hydrogen) atoms. The maximum absolute atomic E-state index is 12.2. The molecule has 1 saturated carbocycles. The smallest absolute Gasteiger partial charge is 0.388 e. The van der Waals surface area contributed by atoms with Crippen molar-refractivity contribution in [1.82, 2.24) is 29.9 Å². The molecule has 5 rings (SSSR count). The molecule has 0 bridgehead atoms. The predicted octanol–water partition coefficient (Wildman–Crippen LogP) is 1.93. The summed E-state index contributed by atoms with van der Waals surface area (Å²) in [6.45, 7) is -0.600. The standard InChI is InChI=1S/C15H15F2N7O2/c16-14(17)26-12-1-10(22-23-12)20-11-4-18-9-3-19-24(13(9)21-11)6-15-2-8(15)5-25-7-15/h1,3-4,8,14H,2,5-7H2,(H2,20,21,22,23). The Hall–Kier alpha value is -2.82. The minimum atomic E-state index is -2.92. The fraction of sp³-hybridized carbons (Fsp3) is 0.467. The van der Waals surface area contributed by atoms with Crippen LogP contribution in [0.25, 0.3) is 11.2 Å². The average molecular weight is 363 g/mol. The number of aromatic nitrogens is 6. The Balaban J connectivity index is 1.37. The number of halogens is 2. The summed E-state index contributed by atoms with van der Waals surface area (Å²) in [5.41, 5.74) is 1.52. The van der Waals surface area contributed by atoms with Crippen molar-refractivity contribution in [1.29, 1.82) is 0 Å². The summed E-state index contributed by atoms with van der Waals surface area (Å²) < 4.78 is 36.0. The van der Waals surface area contributed by atoms with Crippen LogP contribution in [-0.4, -0.2) is 49.8 Å². The summed E-state index contributed by atoms with van der Waals surface area (Å²) in [6.07, 6.45) is 4.37. The fourth-order valence-electron chi connectivity index (χ4n) is 3.47. The van der Waals surface area contributed by atoms with Crippen LogP contribution in [0.2, 0.25) is 0 Å². The van der Waals surface area contributed by atoms with Crippen molar-refractivity contribution in [2.24, 2.45) is 11.3 Å². The van der Waals surface area contributed by atoms with E-state index in [9.17, 15) is 8.78 Å². The van der Waals surface area contributed by atoms with E-state index in [1.165, 1.54) is 12.3 Å². The summed E-state index contributed by atoms with van der Waals surface area (Å²) in [5.74, 6) is 1.20. The molecular weight excluding hydrogens is 348 g/mol. The molecule has 1 saturated heterocycles. The Kier molecular flexibility index (Phi) is 3.32. The van der Waals surface area contributed by atoms with Gasteiger partial charge >= 0.3 is 6.61 Å². The highest BCUT2D eigenvalue weighted by Crippen LogP contribution is 2.57. The largest absolute Gasteiger partial charge is 0.417 e. The summed E-state index contributed by atoms with van der Waals surface area (Å²) in [6, 6.07) is 1.32. The van der Waals surface area contributed by atoms with Crippen molar-refractivity contribution in [3.05, 3.63) is 18.5 Å². The number of rotatable bonds is 6. The minimum absolute atomic E-state index is 0.137. The summed E-state index contributed by atoms with van der Waals surface area (Å²) in [4.78, 5) is 8.87. The molecule has 0 amide bonds. The van der Waals surface area contributed by atoms with Crippen LogP contribution in [0.5, 0.6) is 5.88 Å². The number of fused-ring (bicyclic) bond motifs is 2.